The summed E-state index contributed by atoms with van der Waals surface area (Å²) in [5.74, 6) is -0.559. The molecule has 0 bridgehead atoms. The number of nitrogens with zero attached hydrogens (tertiary/aromatic N) is 7. The third-order valence-electron chi connectivity index (χ3n) is 8.38. The maximum absolute atomic E-state index is 14.7. The van der Waals surface area contributed by atoms with Crippen LogP contribution < -0.4 is 10.1 Å². The molecule has 4 aromatic carbocycles. The number of carbonyl (C=O) groups excluding carboxylic acids is 1. The number of hydrogen-bond donors (Lipinski definition) is 2. The van der Waals surface area contributed by atoms with Crippen LogP contribution in [0.15, 0.2) is 106 Å². The number of nitrogens with one attached hydrogen (secondary N) is 1. The van der Waals surface area contributed by atoms with Crippen molar-refractivity contribution < 1.29 is 45.7 Å². The molecular formula is C36H30F6N8O4. The molecule has 4 aromatic rings. The predicted octanol–water partition coefficient (Wildman–Crippen LogP) is 9.05. The van der Waals surface area contributed by atoms with Crippen LogP contribution in [0.3, 0.4) is 0 Å². The number of aliphatic imine (C=N–C) groups is 1. The molecule has 1 amide bonds. The molecular weight excluding hydrogens is 722 g/mol. The molecule has 0 fully saturated rings. The molecule has 0 unspecified atom stereocenters. The molecule has 2 N–H and O–H groups in total. The van der Waals surface area contributed by atoms with Crippen LogP contribution in [-0.2, 0) is 41.4 Å². The number of halogens is 6. The first-order valence-corrected chi connectivity index (χ1v) is 16.2. The smallest absolute Gasteiger partial charge is 0.416 e. The number of aliphatic hydroxyl groups excluding tert-OH is 1. The van der Waals surface area contributed by atoms with E-state index >= 15 is 0 Å². The number of ether oxygens (including phenoxy) is 2. The van der Waals surface area contributed by atoms with Gasteiger partial charge in [0.1, 0.15) is 5.75 Å². The summed E-state index contributed by atoms with van der Waals surface area (Å²) >= 11 is 0. The number of amides is 1. The lowest BCUT2D eigenvalue weighted by atomic mass is 9.80. The minimum atomic E-state index is -5.12. The lowest BCUT2D eigenvalue weighted by Gasteiger charge is -2.32. The van der Waals surface area contributed by atoms with E-state index in [0.717, 1.165) is 0 Å². The average molecular weight is 753 g/mol. The van der Waals surface area contributed by atoms with Gasteiger partial charge in [0, 0.05) is 47.1 Å². The Morgan fingerprint density at radius 2 is 1.56 bits per heavy atom. The van der Waals surface area contributed by atoms with Gasteiger partial charge in [0.05, 0.1) is 24.3 Å². The van der Waals surface area contributed by atoms with Gasteiger partial charge in [-0.25, -0.2) is 4.99 Å². The number of carbonyl (C=O) groups is 1. The first-order valence-electron chi connectivity index (χ1n) is 16.2. The molecule has 0 radical (unpaired) electrons. The van der Waals surface area contributed by atoms with Crippen LogP contribution in [0.2, 0.25) is 0 Å². The molecule has 1 aliphatic heterocycles. The van der Waals surface area contributed by atoms with E-state index in [0.29, 0.717) is 46.6 Å². The molecule has 54 heavy (non-hydrogen) atoms. The minimum Gasteiger partial charge on any atom is -0.494 e. The molecule has 2 atom stereocenters. The average Bonchev–Trinajstić information content (AvgIpc) is 3.53. The minimum absolute atomic E-state index is 0.0134. The zero-order chi connectivity index (χ0) is 38.9. The van der Waals surface area contributed by atoms with Gasteiger partial charge in [-0.3, -0.25) is 4.79 Å². The second-order valence-electron chi connectivity index (χ2n) is 12.0. The number of benzene rings is 4. The second kappa shape index (κ2) is 16.6. The lowest BCUT2D eigenvalue weighted by Crippen LogP contribution is -2.50. The Morgan fingerprint density at radius 1 is 0.907 bits per heavy atom. The molecule has 0 saturated heterocycles. The molecule has 5 rings (SSSR count). The van der Waals surface area contributed by atoms with Gasteiger partial charge in [-0.15, -0.1) is 0 Å². The van der Waals surface area contributed by atoms with Gasteiger partial charge in [-0.1, -0.05) is 58.8 Å². The van der Waals surface area contributed by atoms with Gasteiger partial charge in [0.25, 0.3) is 5.91 Å². The lowest BCUT2D eigenvalue weighted by molar-refractivity contribution is -0.143. The molecule has 0 saturated carbocycles. The van der Waals surface area contributed by atoms with Crippen molar-refractivity contribution in [1.82, 2.24) is 5.32 Å². The standard InChI is InChI=1S/C36H30F6N8O4/c37-35(38,39)26-16-22(17-27(18-26)36(40,41)42)20-45-33(52)34(19-24-6-2-4-9-30(24)48-50-44)31(29-8-3-1-7-25(29)21-46-49-43)54-32(47-34)23-10-12-28(13-11-23)53-15-5-14-51/h1-4,6-13,16-18,31,51H,5,14-15,19-21H2,(H,45,52)/t31-,34-/m1/s1. The Bertz CT molecular complexity index is 2080. The van der Waals surface area contributed by atoms with E-state index in [9.17, 15) is 36.7 Å². The second-order valence-corrected chi connectivity index (χ2v) is 12.0. The molecule has 0 aliphatic carbocycles. The number of azide groups is 2. The summed E-state index contributed by atoms with van der Waals surface area (Å²) in [4.78, 5) is 25.2. The molecule has 18 heteroatoms. The Morgan fingerprint density at radius 3 is 2.19 bits per heavy atom. The van der Waals surface area contributed by atoms with Crippen LogP contribution in [0.5, 0.6) is 5.75 Å². The monoisotopic (exact) mass is 752 g/mol. The van der Waals surface area contributed by atoms with Gasteiger partial charge in [0.15, 0.2) is 11.6 Å². The zero-order valence-electron chi connectivity index (χ0n) is 28.1. The summed E-state index contributed by atoms with van der Waals surface area (Å²) in [6.45, 7) is -0.792. The van der Waals surface area contributed by atoms with Gasteiger partial charge in [0.2, 0.25) is 5.90 Å². The maximum Gasteiger partial charge on any atom is 0.416 e. The third-order valence-corrected chi connectivity index (χ3v) is 8.38. The van der Waals surface area contributed by atoms with Crippen LogP contribution in [0.4, 0.5) is 32.0 Å². The molecule has 0 spiro atoms. The number of alkyl halides is 6. The van der Waals surface area contributed by atoms with Gasteiger partial charge < -0.3 is 19.9 Å². The van der Waals surface area contributed by atoms with Crippen LogP contribution in [0, 0.1) is 0 Å². The van der Waals surface area contributed by atoms with Crippen LogP contribution in [-0.4, -0.2) is 35.7 Å². The van der Waals surface area contributed by atoms with Gasteiger partial charge in [-0.05, 0) is 75.8 Å². The summed E-state index contributed by atoms with van der Waals surface area (Å²) in [6, 6.07) is 20.2. The van der Waals surface area contributed by atoms with Crippen molar-refractivity contribution in [2.45, 2.75) is 49.9 Å². The fourth-order valence-electron chi connectivity index (χ4n) is 5.85. The van der Waals surface area contributed by atoms with E-state index in [-0.39, 0.29) is 43.8 Å². The molecule has 0 aromatic heterocycles. The highest BCUT2D eigenvalue weighted by molar-refractivity contribution is 6.01. The summed E-state index contributed by atoms with van der Waals surface area (Å²) in [6.07, 6.45) is -11.5. The van der Waals surface area contributed by atoms with E-state index in [1.165, 1.54) is 6.07 Å². The summed E-state index contributed by atoms with van der Waals surface area (Å²) < 4.78 is 94.2. The van der Waals surface area contributed by atoms with Crippen molar-refractivity contribution in [3.05, 3.63) is 151 Å². The van der Waals surface area contributed by atoms with Crippen molar-refractivity contribution in [2.75, 3.05) is 13.2 Å². The van der Waals surface area contributed by atoms with Crippen molar-refractivity contribution in [1.29, 1.82) is 0 Å². The number of aliphatic hydroxyl groups is 1. The van der Waals surface area contributed by atoms with Gasteiger partial charge >= 0.3 is 12.4 Å². The zero-order valence-corrected chi connectivity index (χ0v) is 28.1. The molecule has 12 nitrogen and oxygen atoms in total. The van der Waals surface area contributed by atoms with Crippen molar-refractivity contribution in [3.63, 3.8) is 0 Å². The number of hydrogen-bond acceptors (Lipinski definition) is 7. The predicted molar refractivity (Wildman–Crippen MR) is 183 cm³/mol. The quantitative estimate of drug-likeness (QED) is 0.0429. The third kappa shape index (κ3) is 9.04. The summed E-state index contributed by atoms with van der Waals surface area (Å²) in [7, 11) is 0. The first-order chi connectivity index (χ1) is 25.8. The normalized spacial score (nSPS) is 16.7. The molecule has 1 aliphatic rings. The van der Waals surface area contributed by atoms with Crippen molar-refractivity contribution in [2.24, 2.45) is 15.2 Å². The highest BCUT2D eigenvalue weighted by Crippen LogP contribution is 2.45. The fourth-order valence-corrected chi connectivity index (χ4v) is 5.85. The van der Waals surface area contributed by atoms with E-state index in [2.05, 4.69) is 25.4 Å². The first kappa shape index (κ1) is 39.0. The Labute approximate surface area is 303 Å². The fraction of sp³-hybridized carbons (Fsp3) is 0.278. The Kier molecular flexibility index (Phi) is 12.0. The van der Waals surface area contributed by atoms with E-state index in [4.69, 9.17) is 25.1 Å². The molecule has 1 heterocycles. The summed E-state index contributed by atoms with van der Waals surface area (Å²) in [5, 5.41) is 19.0. The topological polar surface area (TPSA) is 178 Å². The Balaban J connectivity index is 1.67. The van der Waals surface area contributed by atoms with E-state index < -0.39 is 53.1 Å². The SMILES string of the molecule is [N-]=[N+]=NCc1ccccc1[C@H]1OC(c2ccc(OCCCO)cc2)=N[C@@]1(Cc1ccccc1N=[N+]=[N-])C(=O)NCc1cc(C(F)(F)F)cc(C(F)(F)F)c1. The maximum atomic E-state index is 14.7. The molecule has 280 valence electrons. The van der Waals surface area contributed by atoms with Crippen molar-refractivity contribution >= 4 is 17.5 Å². The summed E-state index contributed by atoms with van der Waals surface area (Å²) in [5.41, 5.74) is 14.3. The number of rotatable bonds is 14. The van der Waals surface area contributed by atoms with Crippen LogP contribution in [0.1, 0.15) is 51.5 Å². The van der Waals surface area contributed by atoms with Gasteiger partial charge in [-0.2, -0.15) is 26.3 Å². The van der Waals surface area contributed by atoms with Crippen LogP contribution >= 0.6 is 0 Å². The van der Waals surface area contributed by atoms with Crippen molar-refractivity contribution in [3.8, 4) is 5.75 Å². The van der Waals surface area contributed by atoms with Crippen LogP contribution in [0.25, 0.3) is 20.9 Å². The van der Waals surface area contributed by atoms with E-state index in [1.807, 2.05) is 0 Å². The largest absolute Gasteiger partial charge is 0.494 e. The van der Waals surface area contributed by atoms with E-state index in [1.54, 1.807) is 66.7 Å². The Hall–Kier alpha value is -6.22. The highest BCUT2D eigenvalue weighted by atomic mass is 19.4. The highest BCUT2D eigenvalue weighted by Gasteiger charge is 2.54.